The van der Waals surface area contributed by atoms with Crippen molar-refractivity contribution >= 4 is 15.9 Å². The highest BCUT2D eigenvalue weighted by molar-refractivity contribution is 7.89. The van der Waals surface area contributed by atoms with Gasteiger partial charge in [-0.05, 0) is 24.6 Å². The summed E-state index contributed by atoms with van der Waals surface area (Å²) in [5.41, 5.74) is 4.16. The minimum Gasteiger partial charge on any atom is -0.387 e. The number of halogens is 3. The average molecular weight is 323 g/mol. The lowest BCUT2D eigenvalue weighted by molar-refractivity contribution is -0.137. The second-order valence-electron chi connectivity index (χ2n) is 4.39. The first kappa shape index (κ1) is 17.4. The molecule has 1 aromatic rings. The molecule has 1 aromatic carbocycles. The monoisotopic (exact) mass is 323 g/mol. The normalized spacial score (nSPS) is 12.6. The van der Waals surface area contributed by atoms with Gasteiger partial charge < -0.3 is 5.73 Å². The van der Waals surface area contributed by atoms with Crippen molar-refractivity contribution in [2.75, 3.05) is 13.1 Å². The Labute approximate surface area is 121 Å². The van der Waals surface area contributed by atoms with Crippen LogP contribution in [0.2, 0.25) is 0 Å². The smallest absolute Gasteiger partial charge is 0.387 e. The van der Waals surface area contributed by atoms with E-state index in [2.05, 4.69) is 0 Å². The fourth-order valence-electron chi connectivity index (χ4n) is 1.71. The molecule has 0 heterocycles. The van der Waals surface area contributed by atoms with Crippen molar-refractivity contribution in [1.82, 2.24) is 4.31 Å². The maximum Gasteiger partial charge on any atom is 0.416 e. The topological polar surface area (TPSA) is 87.2 Å². The van der Waals surface area contributed by atoms with E-state index < -0.39 is 26.7 Å². The van der Waals surface area contributed by atoms with Crippen LogP contribution in [0.25, 0.3) is 0 Å². The summed E-state index contributed by atoms with van der Waals surface area (Å²) < 4.78 is 63.5. The summed E-state index contributed by atoms with van der Waals surface area (Å²) in [5.74, 6) is -0.376. The minimum atomic E-state index is -4.62. The van der Waals surface area contributed by atoms with Crippen molar-refractivity contribution in [2.45, 2.75) is 24.4 Å². The molecule has 9 heteroatoms. The number of hydrogen-bond donors (Lipinski definition) is 2. The molecule has 0 atom stereocenters. The zero-order chi connectivity index (χ0) is 16.3. The van der Waals surface area contributed by atoms with E-state index in [-0.39, 0.29) is 18.9 Å². The number of alkyl halides is 3. The third-order valence-electron chi connectivity index (χ3n) is 2.62. The van der Waals surface area contributed by atoms with Crippen LogP contribution in [0, 0.1) is 5.41 Å². The molecule has 0 amide bonds. The van der Waals surface area contributed by atoms with Crippen molar-refractivity contribution in [3.05, 3.63) is 29.8 Å². The van der Waals surface area contributed by atoms with Gasteiger partial charge in [0.1, 0.15) is 5.84 Å². The lowest BCUT2D eigenvalue weighted by Gasteiger charge is -2.21. The molecule has 0 aromatic heterocycles. The SMILES string of the molecule is CCCN(CC(=N)N)S(=O)(=O)c1cccc(C(F)(F)F)c1. The van der Waals surface area contributed by atoms with Crippen molar-refractivity contribution < 1.29 is 21.6 Å². The van der Waals surface area contributed by atoms with E-state index in [1.54, 1.807) is 6.92 Å². The number of hydrogen-bond acceptors (Lipinski definition) is 3. The van der Waals surface area contributed by atoms with Crippen LogP contribution in [0.5, 0.6) is 0 Å². The van der Waals surface area contributed by atoms with Crippen LogP contribution in [-0.4, -0.2) is 31.6 Å². The second-order valence-corrected chi connectivity index (χ2v) is 6.33. The molecule has 0 radical (unpaired) electrons. The van der Waals surface area contributed by atoms with Gasteiger partial charge in [0, 0.05) is 6.54 Å². The second kappa shape index (κ2) is 6.44. The number of amidine groups is 1. The molecular weight excluding hydrogens is 307 g/mol. The first-order valence-corrected chi connectivity index (χ1v) is 7.53. The summed E-state index contributed by atoms with van der Waals surface area (Å²) in [5, 5.41) is 7.18. The van der Waals surface area contributed by atoms with Crippen LogP contribution in [0.3, 0.4) is 0 Å². The Bertz CT molecular complexity index is 614. The maximum absolute atomic E-state index is 12.7. The summed E-state index contributed by atoms with van der Waals surface area (Å²) in [6.07, 6.45) is -4.17. The van der Waals surface area contributed by atoms with E-state index in [0.29, 0.717) is 12.5 Å². The Kier molecular flexibility index (Phi) is 5.35. The first-order valence-electron chi connectivity index (χ1n) is 6.09. The molecule has 0 aliphatic heterocycles. The number of nitrogens with two attached hydrogens (primary N) is 1. The third-order valence-corrected chi connectivity index (χ3v) is 4.46. The molecule has 0 fully saturated rings. The molecule has 0 saturated heterocycles. The molecule has 3 N–H and O–H groups in total. The molecule has 21 heavy (non-hydrogen) atoms. The van der Waals surface area contributed by atoms with E-state index in [1.807, 2.05) is 0 Å². The number of nitrogens with zero attached hydrogens (tertiary/aromatic N) is 1. The molecular formula is C12H16F3N3O2S. The van der Waals surface area contributed by atoms with Gasteiger partial charge in [0.05, 0.1) is 17.0 Å². The first-order chi connectivity index (χ1) is 9.59. The number of benzene rings is 1. The third kappa shape index (κ3) is 4.43. The quantitative estimate of drug-likeness (QED) is 0.620. The van der Waals surface area contributed by atoms with Gasteiger partial charge in [0.15, 0.2) is 0 Å². The number of sulfonamides is 1. The minimum absolute atomic E-state index is 0.0676. The molecule has 0 unspecified atom stereocenters. The van der Waals surface area contributed by atoms with Crippen LogP contribution in [0.15, 0.2) is 29.2 Å². The lowest BCUT2D eigenvalue weighted by atomic mass is 10.2. The van der Waals surface area contributed by atoms with Gasteiger partial charge in [-0.25, -0.2) is 8.42 Å². The molecule has 0 aliphatic rings. The Morgan fingerprint density at radius 3 is 2.48 bits per heavy atom. The van der Waals surface area contributed by atoms with Gasteiger partial charge in [-0.15, -0.1) is 0 Å². The molecule has 0 spiro atoms. The van der Waals surface area contributed by atoms with Crippen molar-refractivity contribution in [2.24, 2.45) is 5.73 Å². The van der Waals surface area contributed by atoms with E-state index >= 15 is 0 Å². The number of rotatable bonds is 6. The highest BCUT2D eigenvalue weighted by Gasteiger charge is 2.33. The maximum atomic E-state index is 12.7. The van der Waals surface area contributed by atoms with Gasteiger partial charge in [-0.3, -0.25) is 5.41 Å². The summed E-state index contributed by atoms with van der Waals surface area (Å²) >= 11 is 0. The van der Waals surface area contributed by atoms with Crippen LogP contribution < -0.4 is 5.73 Å². The highest BCUT2D eigenvalue weighted by Crippen LogP contribution is 2.31. The largest absolute Gasteiger partial charge is 0.416 e. The van der Waals surface area contributed by atoms with Gasteiger partial charge >= 0.3 is 6.18 Å². The van der Waals surface area contributed by atoms with E-state index in [1.165, 1.54) is 0 Å². The fraction of sp³-hybridized carbons (Fsp3) is 0.417. The summed E-state index contributed by atoms with van der Waals surface area (Å²) in [7, 11) is -4.13. The Hall–Kier alpha value is -1.61. The predicted molar refractivity (Wildman–Crippen MR) is 72.4 cm³/mol. The van der Waals surface area contributed by atoms with Crippen molar-refractivity contribution in [3.63, 3.8) is 0 Å². The van der Waals surface area contributed by atoms with Crippen molar-refractivity contribution in [3.8, 4) is 0 Å². The van der Waals surface area contributed by atoms with Gasteiger partial charge in [0.2, 0.25) is 10.0 Å². The summed E-state index contributed by atoms with van der Waals surface area (Å²) in [6.45, 7) is 1.43. The summed E-state index contributed by atoms with van der Waals surface area (Å²) in [6, 6.07) is 3.51. The van der Waals surface area contributed by atoms with E-state index in [9.17, 15) is 21.6 Å². The van der Waals surface area contributed by atoms with Gasteiger partial charge in [-0.2, -0.15) is 17.5 Å². The lowest BCUT2D eigenvalue weighted by Crippen LogP contribution is -2.38. The van der Waals surface area contributed by atoms with Crippen molar-refractivity contribution in [1.29, 1.82) is 5.41 Å². The zero-order valence-electron chi connectivity index (χ0n) is 11.3. The molecule has 118 valence electrons. The predicted octanol–water partition coefficient (Wildman–Crippen LogP) is 2.04. The molecule has 0 saturated carbocycles. The molecule has 0 bridgehead atoms. The van der Waals surface area contributed by atoms with E-state index in [4.69, 9.17) is 11.1 Å². The molecule has 1 rings (SSSR count). The van der Waals surface area contributed by atoms with Gasteiger partial charge in [-0.1, -0.05) is 13.0 Å². The van der Waals surface area contributed by atoms with Crippen LogP contribution in [0.4, 0.5) is 13.2 Å². The van der Waals surface area contributed by atoms with Crippen LogP contribution >= 0.6 is 0 Å². The Balaban J connectivity index is 3.25. The number of nitrogens with one attached hydrogen (secondary N) is 1. The average Bonchev–Trinajstić information content (AvgIpc) is 2.37. The molecule has 5 nitrogen and oxygen atoms in total. The van der Waals surface area contributed by atoms with E-state index in [0.717, 1.165) is 22.5 Å². The Morgan fingerprint density at radius 2 is 2.00 bits per heavy atom. The standard InChI is InChI=1S/C12H16F3N3O2S/c1-2-6-18(8-11(16)17)21(19,20)10-5-3-4-9(7-10)12(13,14)15/h3-5,7H,2,6,8H2,1H3,(H3,16,17). The Morgan fingerprint density at radius 1 is 1.38 bits per heavy atom. The van der Waals surface area contributed by atoms with Crippen LogP contribution in [0.1, 0.15) is 18.9 Å². The van der Waals surface area contributed by atoms with Crippen LogP contribution in [-0.2, 0) is 16.2 Å². The van der Waals surface area contributed by atoms with Gasteiger partial charge in [0.25, 0.3) is 0 Å². The summed E-state index contributed by atoms with van der Waals surface area (Å²) in [4.78, 5) is -0.466. The molecule has 0 aliphatic carbocycles. The zero-order valence-corrected chi connectivity index (χ0v) is 12.1. The highest BCUT2D eigenvalue weighted by atomic mass is 32.2. The fourth-order valence-corrected chi connectivity index (χ4v) is 3.26.